The molecule has 0 spiro atoms. The zero-order valence-electron chi connectivity index (χ0n) is 19.0. The summed E-state index contributed by atoms with van der Waals surface area (Å²) in [5.41, 5.74) is 4.50. The van der Waals surface area contributed by atoms with Crippen LogP contribution < -0.4 is 15.5 Å². The zero-order chi connectivity index (χ0) is 22.1. The fraction of sp³-hybridized carbons (Fsp3) is 0.480. The minimum atomic E-state index is -0.125. The maximum Gasteiger partial charge on any atom is 0.272 e. The van der Waals surface area contributed by atoms with Crippen molar-refractivity contribution in [2.24, 2.45) is 0 Å². The van der Waals surface area contributed by atoms with Crippen LogP contribution in [-0.2, 0) is 0 Å². The van der Waals surface area contributed by atoms with Gasteiger partial charge in [-0.25, -0.2) is 9.67 Å². The lowest BCUT2D eigenvalue weighted by Gasteiger charge is -2.27. The van der Waals surface area contributed by atoms with Crippen LogP contribution in [0.5, 0.6) is 0 Å². The molecule has 0 aliphatic carbocycles. The van der Waals surface area contributed by atoms with Crippen LogP contribution in [0.25, 0.3) is 16.7 Å². The van der Waals surface area contributed by atoms with Crippen molar-refractivity contribution in [1.82, 2.24) is 25.4 Å². The van der Waals surface area contributed by atoms with Gasteiger partial charge in [0.2, 0.25) is 0 Å². The predicted octanol–water partition coefficient (Wildman–Crippen LogP) is 3.51. The molecule has 1 amide bonds. The molecule has 4 heterocycles. The summed E-state index contributed by atoms with van der Waals surface area (Å²) >= 11 is 0. The highest BCUT2D eigenvalue weighted by atomic mass is 16.2. The lowest BCUT2D eigenvalue weighted by Crippen LogP contribution is -2.45. The van der Waals surface area contributed by atoms with Gasteiger partial charge in [-0.05, 0) is 81.8 Å². The average molecular weight is 433 g/mol. The molecule has 0 bridgehead atoms. The fourth-order valence-electron chi connectivity index (χ4n) is 4.81. The molecule has 1 atom stereocenters. The second-order valence-electron chi connectivity index (χ2n) is 9.08. The van der Waals surface area contributed by atoms with Crippen molar-refractivity contribution < 1.29 is 4.79 Å². The van der Waals surface area contributed by atoms with Gasteiger partial charge in [0.05, 0.1) is 11.1 Å². The van der Waals surface area contributed by atoms with E-state index in [1.807, 2.05) is 22.9 Å². The van der Waals surface area contributed by atoms with Gasteiger partial charge >= 0.3 is 0 Å². The topological polar surface area (TPSA) is 75.1 Å². The zero-order valence-corrected chi connectivity index (χ0v) is 19.0. The number of anilines is 1. The third-order valence-electron chi connectivity index (χ3n) is 6.85. The third kappa shape index (κ3) is 3.97. The number of piperidine rings is 2. The van der Waals surface area contributed by atoms with Crippen molar-refractivity contribution >= 4 is 22.8 Å². The highest BCUT2D eigenvalue weighted by Crippen LogP contribution is 2.27. The smallest absolute Gasteiger partial charge is 0.272 e. The standard InChI is InChI=1S/C25H32N6O/c1-17-8-6-10-21(18(17)2)31-24-20(11-12-22(28-24)30-14-4-3-5-15-30)23(29-31)25(32)27-19-9-7-13-26-16-19/h6,8,10-12,19,26H,3-5,7,9,13-16H2,1-2H3,(H,27,32). The predicted molar refractivity (Wildman–Crippen MR) is 128 cm³/mol. The molecule has 2 fully saturated rings. The van der Waals surface area contributed by atoms with Gasteiger partial charge in [-0.1, -0.05) is 12.1 Å². The van der Waals surface area contributed by atoms with Crippen LogP contribution in [0.4, 0.5) is 5.82 Å². The molecular weight excluding hydrogens is 400 g/mol. The maximum atomic E-state index is 13.3. The molecule has 2 N–H and O–H groups in total. The number of nitrogens with zero attached hydrogens (tertiary/aromatic N) is 4. The van der Waals surface area contributed by atoms with E-state index >= 15 is 0 Å². The Morgan fingerprint density at radius 3 is 2.72 bits per heavy atom. The number of pyridine rings is 1. The first-order chi connectivity index (χ1) is 15.6. The number of carbonyl (C=O) groups is 1. The number of rotatable bonds is 4. The van der Waals surface area contributed by atoms with Gasteiger partial charge in [0.25, 0.3) is 5.91 Å². The monoisotopic (exact) mass is 432 g/mol. The molecule has 5 rings (SSSR count). The number of amides is 1. The average Bonchev–Trinajstić information content (AvgIpc) is 3.21. The molecule has 0 radical (unpaired) electrons. The summed E-state index contributed by atoms with van der Waals surface area (Å²) in [7, 11) is 0. The summed E-state index contributed by atoms with van der Waals surface area (Å²) in [5.74, 6) is 0.840. The number of nitrogens with one attached hydrogen (secondary N) is 2. The number of aromatic nitrogens is 3. The summed E-state index contributed by atoms with van der Waals surface area (Å²) in [6.07, 6.45) is 5.73. The lowest BCUT2D eigenvalue weighted by molar-refractivity contribution is 0.0927. The summed E-state index contributed by atoms with van der Waals surface area (Å²) in [6.45, 7) is 8.07. The van der Waals surface area contributed by atoms with Crippen LogP contribution in [0.3, 0.4) is 0 Å². The van der Waals surface area contributed by atoms with Gasteiger partial charge < -0.3 is 15.5 Å². The molecule has 32 heavy (non-hydrogen) atoms. The van der Waals surface area contributed by atoms with Crippen molar-refractivity contribution in [3.05, 3.63) is 47.2 Å². The van der Waals surface area contributed by atoms with Gasteiger partial charge in [0.1, 0.15) is 5.82 Å². The molecule has 2 aliphatic rings. The van der Waals surface area contributed by atoms with Crippen molar-refractivity contribution in [3.63, 3.8) is 0 Å². The van der Waals surface area contributed by atoms with E-state index < -0.39 is 0 Å². The van der Waals surface area contributed by atoms with Gasteiger partial charge in [0, 0.05) is 25.7 Å². The Morgan fingerprint density at radius 1 is 1.09 bits per heavy atom. The second-order valence-corrected chi connectivity index (χ2v) is 9.08. The Hall–Kier alpha value is -2.93. The van der Waals surface area contributed by atoms with Crippen molar-refractivity contribution in [2.45, 2.75) is 52.0 Å². The summed E-state index contributed by atoms with van der Waals surface area (Å²) in [5, 5.41) is 12.2. The number of benzene rings is 1. The Morgan fingerprint density at radius 2 is 1.94 bits per heavy atom. The van der Waals surface area contributed by atoms with E-state index in [0.29, 0.717) is 5.69 Å². The number of hydrogen-bond acceptors (Lipinski definition) is 5. The van der Waals surface area contributed by atoms with Gasteiger partial charge in [-0.2, -0.15) is 5.10 Å². The van der Waals surface area contributed by atoms with Gasteiger partial charge in [-0.15, -0.1) is 0 Å². The first kappa shape index (κ1) is 20.9. The minimum Gasteiger partial charge on any atom is -0.357 e. The van der Waals surface area contributed by atoms with Crippen LogP contribution in [0, 0.1) is 13.8 Å². The molecule has 0 saturated carbocycles. The highest BCUT2D eigenvalue weighted by molar-refractivity contribution is 6.04. The van der Waals surface area contributed by atoms with E-state index in [1.165, 1.54) is 24.8 Å². The Kier molecular flexibility index (Phi) is 5.83. The van der Waals surface area contributed by atoms with E-state index in [4.69, 9.17) is 10.1 Å². The summed E-state index contributed by atoms with van der Waals surface area (Å²) in [6, 6.07) is 10.4. The van der Waals surface area contributed by atoms with E-state index in [0.717, 1.165) is 67.1 Å². The van der Waals surface area contributed by atoms with Crippen molar-refractivity contribution in [2.75, 3.05) is 31.1 Å². The second kappa shape index (κ2) is 8.90. The maximum absolute atomic E-state index is 13.3. The highest BCUT2D eigenvalue weighted by Gasteiger charge is 2.24. The molecule has 2 aromatic heterocycles. The Bertz CT molecular complexity index is 1120. The normalized spacial score (nSPS) is 19.3. The summed E-state index contributed by atoms with van der Waals surface area (Å²) < 4.78 is 1.86. The van der Waals surface area contributed by atoms with E-state index in [9.17, 15) is 4.79 Å². The third-order valence-corrected chi connectivity index (χ3v) is 6.85. The number of carbonyl (C=O) groups excluding carboxylic acids is 1. The fourth-order valence-corrected chi connectivity index (χ4v) is 4.81. The van der Waals surface area contributed by atoms with Crippen molar-refractivity contribution in [3.8, 4) is 5.69 Å². The van der Waals surface area contributed by atoms with Gasteiger partial charge in [0.15, 0.2) is 11.3 Å². The SMILES string of the molecule is Cc1cccc(-n2nc(C(=O)NC3CCCNC3)c3ccc(N4CCCCC4)nc32)c1C. The molecule has 7 nitrogen and oxygen atoms in total. The van der Waals surface area contributed by atoms with Crippen LogP contribution in [-0.4, -0.2) is 52.9 Å². The summed E-state index contributed by atoms with van der Waals surface area (Å²) in [4.78, 5) is 20.6. The van der Waals surface area contributed by atoms with Crippen LogP contribution in [0.1, 0.15) is 53.7 Å². The molecule has 168 valence electrons. The van der Waals surface area contributed by atoms with E-state index in [1.54, 1.807) is 0 Å². The molecule has 1 unspecified atom stereocenters. The molecular formula is C25H32N6O. The number of fused-ring (bicyclic) bond motifs is 1. The molecule has 1 aromatic carbocycles. The quantitative estimate of drug-likeness (QED) is 0.660. The molecule has 3 aromatic rings. The van der Waals surface area contributed by atoms with Gasteiger partial charge in [-0.3, -0.25) is 4.79 Å². The Labute approximate surface area is 189 Å². The number of aryl methyl sites for hydroxylation is 1. The molecule has 2 aliphatic heterocycles. The van der Waals surface area contributed by atoms with E-state index in [2.05, 4.69) is 41.5 Å². The number of hydrogen-bond donors (Lipinski definition) is 2. The van der Waals surface area contributed by atoms with E-state index in [-0.39, 0.29) is 11.9 Å². The Balaban J connectivity index is 1.59. The van der Waals surface area contributed by atoms with Crippen LogP contribution in [0.2, 0.25) is 0 Å². The molecule has 2 saturated heterocycles. The van der Waals surface area contributed by atoms with Crippen LogP contribution in [0.15, 0.2) is 30.3 Å². The first-order valence-electron chi connectivity index (χ1n) is 11.8. The lowest BCUT2D eigenvalue weighted by atomic mass is 10.1. The molecule has 7 heteroatoms. The largest absolute Gasteiger partial charge is 0.357 e. The van der Waals surface area contributed by atoms with Crippen LogP contribution >= 0.6 is 0 Å². The van der Waals surface area contributed by atoms with Crippen molar-refractivity contribution in [1.29, 1.82) is 0 Å². The minimum absolute atomic E-state index is 0.125. The first-order valence-corrected chi connectivity index (χ1v) is 11.8.